The maximum absolute atomic E-state index is 13.7. The van der Waals surface area contributed by atoms with Gasteiger partial charge in [-0.2, -0.15) is 0 Å². The number of nitrogens with zero attached hydrogens (tertiary/aromatic N) is 3. The molecular weight excluding hydrogens is 623 g/mol. The van der Waals surface area contributed by atoms with Crippen molar-refractivity contribution in [3.8, 4) is 28.3 Å². The highest BCUT2D eigenvalue weighted by Crippen LogP contribution is 2.32. The second-order valence-corrected chi connectivity index (χ2v) is 14.7. The lowest BCUT2D eigenvalue weighted by Gasteiger charge is -2.23. The molecule has 8 nitrogen and oxygen atoms in total. The first-order valence-electron chi connectivity index (χ1n) is 16.8. The number of hydrogen-bond donors (Lipinski definition) is 1. The van der Waals surface area contributed by atoms with Gasteiger partial charge in [-0.05, 0) is 60.1 Å². The highest BCUT2D eigenvalue weighted by molar-refractivity contribution is 7.14. The number of amides is 1. The van der Waals surface area contributed by atoms with Crippen LogP contribution in [-0.4, -0.2) is 57.3 Å². The minimum atomic E-state index is -0.891. The molecule has 0 unspecified atom stereocenters. The van der Waals surface area contributed by atoms with Crippen LogP contribution in [0, 0.1) is 11.8 Å². The fraction of sp³-hybridized carbons (Fsp3) is 0.410. The number of carboxylic acid groups (broad SMARTS) is 1. The number of ether oxygens (including phenoxy) is 1. The van der Waals surface area contributed by atoms with E-state index in [4.69, 9.17) is 4.74 Å². The molecule has 1 fully saturated rings. The topological polar surface area (TPSA) is 110 Å². The van der Waals surface area contributed by atoms with Crippen molar-refractivity contribution in [3.63, 3.8) is 0 Å². The Morgan fingerprint density at radius 3 is 2.23 bits per heavy atom. The van der Waals surface area contributed by atoms with E-state index in [1.807, 2.05) is 73.1 Å². The van der Waals surface area contributed by atoms with Crippen LogP contribution in [0.1, 0.15) is 79.9 Å². The van der Waals surface area contributed by atoms with Crippen LogP contribution in [0.4, 0.5) is 0 Å². The lowest BCUT2D eigenvalue weighted by Crippen LogP contribution is -2.37. The molecule has 1 N–H and O–H groups in total. The Labute approximate surface area is 287 Å². The van der Waals surface area contributed by atoms with Crippen LogP contribution in [-0.2, 0) is 21.4 Å². The van der Waals surface area contributed by atoms with Crippen molar-refractivity contribution in [1.82, 2.24) is 14.9 Å². The maximum Gasteiger partial charge on any atom is 0.308 e. The Hall–Kier alpha value is -4.37. The summed E-state index contributed by atoms with van der Waals surface area (Å²) in [5, 5.41) is 9.49. The molecule has 48 heavy (non-hydrogen) atoms. The first-order valence-corrected chi connectivity index (χ1v) is 17.6. The fourth-order valence-corrected chi connectivity index (χ4v) is 6.88. The Morgan fingerprint density at radius 1 is 0.938 bits per heavy atom. The lowest BCUT2D eigenvalue weighted by atomic mass is 9.92. The van der Waals surface area contributed by atoms with Gasteiger partial charge in [0, 0.05) is 53.8 Å². The normalized spacial score (nSPS) is 15.3. The Balaban J connectivity index is 1.26. The molecule has 0 bridgehead atoms. The number of Topliss-reactive ketones (excluding diaryl/α,β-unsaturated/α-hetero) is 1. The van der Waals surface area contributed by atoms with Gasteiger partial charge in [-0.3, -0.25) is 14.4 Å². The van der Waals surface area contributed by atoms with E-state index in [0.717, 1.165) is 58.7 Å². The van der Waals surface area contributed by atoms with Crippen molar-refractivity contribution in [3.05, 3.63) is 88.4 Å². The Bertz CT molecular complexity index is 1690. The second-order valence-electron chi connectivity index (χ2n) is 13.6. The summed E-state index contributed by atoms with van der Waals surface area (Å²) in [6.07, 6.45) is 7.85. The molecule has 4 aromatic rings. The van der Waals surface area contributed by atoms with E-state index < -0.39 is 17.8 Å². The molecule has 0 spiro atoms. The number of aliphatic carboxylic acids is 1. The van der Waals surface area contributed by atoms with Crippen molar-refractivity contribution >= 4 is 29.0 Å². The van der Waals surface area contributed by atoms with E-state index in [2.05, 4.69) is 37.7 Å². The van der Waals surface area contributed by atoms with E-state index in [1.54, 1.807) is 4.90 Å². The summed E-state index contributed by atoms with van der Waals surface area (Å²) in [6, 6.07) is 19.6. The number of hydrogen-bond acceptors (Lipinski definition) is 7. The standard InChI is InChI=1S/C39H45N3O5S/c1-5-6-7-20-47-32-14-12-27(13-15-32)31-23-40-36(41-24-31)28-10-8-26(9-11-28)21-30(37(44)42-19-18-29(25-42)38(45)46)22-33(43)34-16-17-35(48-34)39(2,3)4/h8-17,23-24,29-30H,5-7,18-22,25H2,1-4H3,(H,45,46)/t29-,30+/m0/s1. The molecule has 2 aromatic heterocycles. The van der Waals surface area contributed by atoms with Gasteiger partial charge in [-0.1, -0.05) is 76.9 Å². The molecule has 2 atom stereocenters. The predicted octanol–water partition coefficient (Wildman–Crippen LogP) is 8.10. The molecule has 1 aliphatic rings. The molecule has 1 amide bonds. The summed E-state index contributed by atoms with van der Waals surface area (Å²) in [7, 11) is 0. The fourth-order valence-electron chi connectivity index (χ4n) is 5.87. The summed E-state index contributed by atoms with van der Waals surface area (Å²) >= 11 is 1.48. The highest BCUT2D eigenvalue weighted by Gasteiger charge is 2.35. The van der Waals surface area contributed by atoms with Gasteiger partial charge >= 0.3 is 5.97 Å². The summed E-state index contributed by atoms with van der Waals surface area (Å²) in [5.41, 5.74) is 3.60. The monoisotopic (exact) mass is 667 g/mol. The molecule has 5 rings (SSSR count). The first-order chi connectivity index (χ1) is 23.0. The number of benzene rings is 2. The van der Waals surface area contributed by atoms with Gasteiger partial charge in [0.25, 0.3) is 0 Å². The summed E-state index contributed by atoms with van der Waals surface area (Å²) in [4.78, 5) is 51.3. The van der Waals surface area contributed by atoms with Gasteiger partial charge in [0.05, 0.1) is 17.4 Å². The van der Waals surface area contributed by atoms with Crippen molar-refractivity contribution in [1.29, 1.82) is 0 Å². The van der Waals surface area contributed by atoms with E-state index in [9.17, 15) is 19.5 Å². The molecule has 0 radical (unpaired) electrons. The number of thiophene rings is 1. The second kappa shape index (κ2) is 15.7. The number of carbonyl (C=O) groups excluding carboxylic acids is 2. The quantitative estimate of drug-likeness (QED) is 0.107. The molecule has 3 heterocycles. The minimum absolute atomic E-state index is 0.0649. The van der Waals surface area contributed by atoms with Crippen molar-refractivity contribution in [2.75, 3.05) is 19.7 Å². The molecular formula is C39H45N3O5S. The molecule has 1 saturated heterocycles. The van der Waals surface area contributed by atoms with Gasteiger partial charge in [0.1, 0.15) is 5.75 Å². The summed E-state index contributed by atoms with van der Waals surface area (Å²) in [6.45, 7) is 9.79. The summed E-state index contributed by atoms with van der Waals surface area (Å²) in [5.74, 6) is -0.852. The highest BCUT2D eigenvalue weighted by atomic mass is 32.1. The van der Waals surface area contributed by atoms with E-state index in [-0.39, 0.29) is 30.1 Å². The van der Waals surface area contributed by atoms with Crippen molar-refractivity contribution in [2.45, 2.75) is 71.6 Å². The number of aromatic nitrogens is 2. The predicted molar refractivity (Wildman–Crippen MR) is 189 cm³/mol. The van der Waals surface area contributed by atoms with Crippen LogP contribution in [0.25, 0.3) is 22.5 Å². The molecule has 0 saturated carbocycles. The van der Waals surface area contributed by atoms with Gasteiger partial charge in [0.2, 0.25) is 5.91 Å². The van der Waals surface area contributed by atoms with Crippen LogP contribution in [0.2, 0.25) is 0 Å². The number of rotatable bonds is 14. The molecule has 0 aliphatic carbocycles. The zero-order valence-electron chi connectivity index (χ0n) is 28.3. The number of carboxylic acids is 1. The van der Waals surface area contributed by atoms with Gasteiger partial charge in [-0.25, -0.2) is 9.97 Å². The Morgan fingerprint density at radius 2 is 1.62 bits per heavy atom. The SMILES string of the molecule is CCCCCOc1ccc(-c2cnc(-c3ccc(C[C@H](CC(=O)c4ccc(C(C)(C)C)s4)C(=O)N4CC[C@H](C(=O)O)C4)cc3)nc2)cc1. The van der Waals surface area contributed by atoms with Crippen LogP contribution in [0.5, 0.6) is 5.75 Å². The van der Waals surface area contributed by atoms with Crippen LogP contribution < -0.4 is 4.74 Å². The molecule has 252 valence electrons. The number of carbonyl (C=O) groups is 3. The van der Waals surface area contributed by atoms with Gasteiger partial charge < -0.3 is 14.7 Å². The molecule has 2 aromatic carbocycles. The molecule has 1 aliphatic heterocycles. The number of unbranched alkanes of at least 4 members (excludes halogenated alkanes) is 2. The van der Waals surface area contributed by atoms with E-state index in [1.165, 1.54) is 11.3 Å². The van der Waals surface area contributed by atoms with E-state index in [0.29, 0.717) is 30.1 Å². The smallest absolute Gasteiger partial charge is 0.308 e. The average molecular weight is 668 g/mol. The molecule has 9 heteroatoms. The third-order valence-electron chi connectivity index (χ3n) is 8.80. The van der Waals surface area contributed by atoms with Crippen molar-refractivity contribution < 1.29 is 24.2 Å². The average Bonchev–Trinajstić information content (AvgIpc) is 3.79. The number of likely N-dealkylation sites (tertiary alicyclic amines) is 1. The third kappa shape index (κ3) is 8.95. The Kier molecular flexibility index (Phi) is 11.4. The zero-order valence-corrected chi connectivity index (χ0v) is 29.1. The first kappa shape index (κ1) is 35.0. The third-order valence-corrected chi connectivity index (χ3v) is 10.4. The number of ketones is 1. The zero-order chi connectivity index (χ0) is 34.3. The maximum atomic E-state index is 13.7. The van der Waals surface area contributed by atoms with Crippen LogP contribution in [0.15, 0.2) is 73.1 Å². The van der Waals surface area contributed by atoms with E-state index >= 15 is 0 Å². The van der Waals surface area contributed by atoms with Crippen molar-refractivity contribution in [2.24, 2.45) is 11.8 Å². The summed E-state index contributed by atoms with van der Waals surface area (Å²) < 4.78 is 5.82. The van der Waals surface area contributed by atoms with Crippen LogP contribution in [0.3, 0.4) is 0 Å². The largest absolute Gasteiger partial charge is 0.494 e. The minimum Gasteiger partial charge on any atom is -0.494 e. The van der Waals surface area contributed by atoms with Gasteiger partial charge in [-0.15, -0.1) is 11.3 Å². The van der Waals surface area contributed by atoms with Crippen LogP contribution >= 0.6 is 11.3 Å². The van der Waals surface area contributed by atoms with Gasteiger partial charge in [0.15, 0.2) is 11.6 Å². The lowest BCUT2D eigenvalue weighted by molar-refractivity contribution is -0.141.